The van der Waals surface area contributed by atoms with Gasteiger partial charge in [-0.1, -0.05) is 96.8 Å². The zero-order valence-corrected chi connectivity index (χ0v) is 18.3. The van der Waals surface area contributed by atoms with Gasteiger partial charge in [-0.15, -0.1) is 0 Å². The third kappa shape index (κ3) is 13.4. The van der Waals surface area contributed by atoms with Crippen molar-refractivity contribution in [2.75, 3.05) is 19.8 Å². The first-order chi connectivity index (χ1) is 13.8. The Labute approximate surface area is 172 Å². The van der Waals surface area contributed by atoms with E-state index in [9.17, 15) is 4.79 Å². The first-order valence-electron chi connectivity index (χ1n) is 11.9. The number of aliphatic hydroxyl groups is 1. The van der Waals surface area contributed by atoms with E-state index >= 15 is 0 Å². The summed E-state index contributed by atoms with van der Waals surface area (Å²) >= 11 is 0. The monoisotopic (exact) mass is 399 g/mol. The molecule has 1 amide bonds. The highest BCUT2D eigenvalue weighted by atomic mass is 16.6. The molecule has 1 saturated heterocycles. The molecule has 1 aliphatic heterocycles. The van der Waals surface area contributed by atoms with Gasteiger partial charge in [0.15, 0.2) is 0 Å². The number of hydrogen-bond acceptors (Lipinski definition) is 4. The topological polar surface area (TPSA) is 67.8 Å². The summed E-state index contributed by atoms with van der Waals surface area (Å²) in [7, 11) is 0. The van der Waals surface area contributed by atoms with Crippen LogP contribution in [0.5, 0.6) is 0 Å². The summed E-state index contributed by atoms with van der Waals surface area (Å²) in [6.07, 6.45) is 19.7. The fourth-order valence-corrected chi connectivity index (χ4v) is 3.80. The molecular weight excluding hydrogens is 354 g/mol. The number of ether oxygens (including phenoxy) is 2. The molecule has 0 aromatic rings. The second-order valence-corrected chi connectivity index (χ2v) is 8.20. The number of hydrogen-bond donors (Lipinski definition) is 2. The van der Waals surface area contributed by atoms with Crippen molar-refractivity contribution in [1.29, 1.82) is 0 Å². The van der Waals surface area contributed by atoms with Crippen molar-refractivity contribution in [1.82, 2.24) is 5.32 Å². The average Bonchev–Trinajstić information content (AvgIpc) is 3.14. The highest BCUT2D eigenvalue weighted by Gasteiger charge is 2.30. The molecule has 2 atom stereocenters. The second-order valence-electron chi connectivity index (χ2n) is 8.20. The van der Waals surface area contributed by atoms with Crippen LogP contribution in [-0.4, -0.2) is 43.2 Å². The van der Waals surface area contributed by atoms with E-state index < -0.39 is 0 Å². The lowest BCUT2D eigenvalue weighted by atomic mass is 10.0. The Morgan fingerprint density at radius 1 is 0.893 bits per heavy atom. The Kier molecular flexibility index (Phi) is 16.4. The van der Waals surface area contributed by atoms with Crippen LogP contribution in [0.15, 0.2) is 0 Å². The van der Waals surface area contributed by atoms with Crippen molar-refractivity contribution in [2.24, 2.45) is 0 Å². The SMILES string of the molecule is CCCCCCCCCCCCCCCCCNC(=O)OC1CCOC1CO. The summed E-state index contributed by atoms with van der Waals surface area (Å²) in [5.41, 5.74) is 0. The van der Waals surface area contributed by atoms with Crippen LogP contribution < -0.4 is 5.32 Å². The van der Waals surface area contributed by atoms with Gasteiger partial charge in [0.1, 0.15) is 12.2 Å². The van der Waals surface area contributed by atoms with E-state index in [0.717, 1.165) is 12.8 Å². The number of unbranched alkanes of at least 4 members (excludes halogenated alkanes) is 14. The van der Waals surface area contributed by atoms with Gasteiger partial charge in [-0.3, -0.25) is 0 Å². The van der Waals surface area contributed by atoms with E-state index in [1.807, 2.05) is 0 Å². The van der Waals surface area contributed by atoms with E-state index in [2.05, 4.69) is 12.2 Å². The molecule has 0 aliphatic carbocycles. The first-order valence-corrected chi connectivity index (χ1v) is 11.9. The Hall–Kier alpha value is -0.810. The number of rotatable bonds is 18. The lowest BCUT2D eigenvalue weighted by Gasteiger charge is -2.17. The normalized spacial score (nSPS) is 19.1. The maximum Gasteiger partial charge on any atom is 0.407 e. The number of nitrogens with one attached hydrogen (secondary N) is 1. The molecule has 0 aromatic carbocycles. The van der Waals surface area contributed by atoms with Crippen molar-refractivity contribution >= 4 is 6.09 Å². The third-order valence-electron chi connectivity index (χ3n) is 5.64. The van der Waals surface area contributed by atoms with Crippen LogP contribution in [0.3, 0.4) is 0 Å². The summed E-state index contributed by atoms with van der Waals surface area (Å²) in [5, 5.41) is 11.9. The zero-order valence-electron chi connectivity index (χ0n) is 18.3. The number of alkyl carbamates (subject to hydrolysis) is 1. The fourth-order valence-electron chi connectivity index (χ4n) is 3.80. The predicted octanol–water partition coefficient (Wildman–Crippen LogP) is 5.73. The van der Waals surface area contributed by atoms with Crippen molar-refractivity contribution < 1.29 is 19.4 Å². The molecule has 5 heteroatoms. The Morgan fingerprint density at radius 2 is 1.39 bits per heavy atom. The van der Waals surface area contributed by atoms with Gasteiger partial charge in [0.25, 0.3) is 0 Å². The van der Waals surface area contributed by atoms with Gasteiger partial charge < -0.3 is 19.9 Å². The molecule has 1 rings (SSSR count). The molecule has 0 aromatic heterocycles. The number of carbonyl (C=O) groups is 1. The standard InChI is InChI=1S/C23H45NO4/c1-2-3-4-5-6-7-8-9-10-11-12-13-14-15-16-18-24-23(26)28-21-17-19-27-22(21)20-25/h21-22,25H,2-20H2,1H3,(H,24,26). The van der Waals surface area contributed by atoms with Gasteiger partial charge >= 0.3 is 6.09 Å². The minimum atomic E-state index is -0.390. The van der Waals surface area contributed by atoms with E-state index in [-0.39, 0.29) is 24.9 Å². The van der Waals surface area contributed by atoms with Crippen LogP contribution in [0.4, 0.5) is 4.79 Å². The van der Waals surface area contributed by atoms with E-state index in [4.69, 9.17) is 14.6 Å². The summed E-state index contributed by atoms with van der Waals surface area (Å²) in [6, 6.07) is 0. The molecule has 5 nitrogen and oxygen atoms in total. The van der Waals surface area contributed by atoms with Gasteiger partial charge in [0, 0.05) is 13.0 Å². The molecule has 0 spiro atoms. The van der Waals surface area contributed by atoms with Crippen molar-refractivity contribution in [3.63, 3.8) is 0 Å². The van der Waals surface area contributed by atoms with Crippen LogP contribution in [0.2, 0.25) is 0 Å². The van der Waals surface area contributed by atoms with E-state index in [1.54, 1.807) is 0 Å². The summed E-state index contributed by atoms with van der Waals surface area (Å²) in [6.45, 7) is 3.38. The van der Waals surface area contributed by atoms with Crippen molar-refractivity contribution in [3.05, 3.63) is 0 Å². The van der Waals surface area contributed by atoms with Gasteiger partial charge in [-0.2, -0.15) is 0 Å². The molecule has 0 saturated carbocycles. The molecular formula is C23H45NO4. The molecule has 166 valence electrons. The Balaban J connectivity index is 1.76. The van der Waals surface area contributed by atoms with E-state index in [0.29, 0.717) is 19.6 Å². The summed E-state index contributed by atoms with van der Waals surface area (Å²) in [4.78, 5) is 11.7. The third-order valence-corrected chi connectivity index (χ3v) is 5.64. The van der Waals surface area contributed by atoms with Crippen LogP contribution in [-0.2, 0) is 9.47 Å². The second kappa shape index (κ2) is 18.2. The lowest BCUT2D eigenvalue weighted by molar-refractivity contribution is -0.00495. The van der Waals surface area contributed by atoms with Crippen LogP contribution >= 0.6 is 0 Å². The Morgan fingerprint density at radius 3 is 1.89 bits per heavy atom. The highest BCUT2D eigenvalue weighted by Crippen LogP contribution is 2.17. The number of carbonyl (C=O) groups excluding carboxylic acids is 1. The lowest BCUT2D eigenvalue weighted by Crippen LogP contribution is -2.35. The molecule has 2 unspecified atom stereocenters. The summed E-state index contributed by atoms with van der Waals surface area (Å²) < 4.78 is 10.6. The van der Waals surface area contributed by atoms with E-state index in [1.165, 1.54) is 83.5 Å². The molecule has 0 radical (unpaired) electrons. The average molecular weight is 400 g/mol. The van der Waals surface area contributed by atoms with Crippen LogP contribution in [0, 0.1) is 0 Å². The maximum atomic E-state index is 11.7. The smallest absolute Gasteiger partial charge is 0.407 e. The van der Waals surface area contributed by atoms with Gasteiger partial charge in [0.05, 0.1) is 13.2 Å². The molecule has 1 heterocycles. The van der Waals surface area contributed by atoms with Crippen LogP contribution in [0.1, 0.15) is 110 Å². The molecule has 28 heavy (non-hydrogen) atoms. The molecule has 0 bridgehead atoms. The molecule has 2 N–H and O–H groups in total. The number of aliphatic hydroxyl groups excluding tert-OH is 1. The maximum absolute atomic E-state index is 11.7. The van der Waals surface area contributed by atoms with Crippen molar-refractivity contribution in [3.8, 4) is 0 Å². The minimum absolute atomic E-state index is 0.100. The molecule has 1 fully saturated rings. The highest BCUT2D eigenvalue weighted by molar-refractivity contribution is 5.67. The predicted molar refractivity (Wildman–Crippen MR) is 115 cm³/mol. The fraction of sp³-hybridized carbons (Fsp3) is 0.957. The van der Waals surface area contributed by atoms with Gasteiger partial charge in [0.2, 0.25) is 0 Å². The molecule has 1 aliphatic rings. The quantitative estimate of drug-likeness (QED) is 0.289. The van der Waals surface area contributed by atoms with Crippen molar-refractivity contribution in [2.45, 2.75) is 122 Å². The minimum Gasteiger partial charge on any atom is -0.443 e. The zero-order chi connectivity index (χ0) is 20.3. The van der Waals surface area contributed by atoms with Gasteiger partial charge in [-0.25, -0.2) is 4.79 Å². The first kappa shape index (κ1) is 25.2. The largest absolute Gasteiger partial charge is 0.443 e. The van der Waals surface area contributed by atoms with Crippen LogP contribution in [0.25, 0.3) is 0 Å². The van der Waals surface area contributed by atoms with Gasteiger partial charge in [-0.05, 0) is 6.42 Å². The summed E-state index contributed by atoms with van der Waals surface area (Å²) in [5.74, 6) is 0. The Bertz CT molecular complexity index is 365. The number of amides is 1.